The Labute approximate surface area is 58.5 Å². The summed E-state index contributed by atoms with van der Waals surface area (Å²) in [6.45, 7) is 0. The van der Waals surface area contributed by atoms with Gasteiger partial charge >= 0.3 is 6.18 Å². The van der Waals surface area contributed by atoms with E-state index >= 15 is 0 Å². The van der Waals surface area contributed by atoms with Gasteiger partial charge in [-0.1, -0.05) is 0 Å². The number of alkyl halides is 6. The largest absolute Gasteiger partial charge is 0.409 e. The van der Waals surface area contributed by atoms with Crippen molar-refractivity contribution in [1.82, 2.24) is 0 Å². The maximum Gasteiger partial charge on any atom is 0.409 e. The Morgan fingerprint density at radius 3 is 1.73 bits per heavy atom. The minimum atomic E-state index is -4.74. The monoisotopic (exact) mass is 178 g/mol. The van der Waals surface area contributed by atoms with Gasteiger partial charge in [-0.25, -0.2) is 13.2 Å². The quantitative estimate of drug-likeness (QED) is 0.450. The molecule has 0 N–H and O–H groups in total. The Morgan fingerprint density at radius 2 is 1.45 bits per heavy atom. The molecule has 1 unspecified atom stereocenters. The Balaban J connectivity index is 3.93. The van der Waals surface area contributed by atoms with Crippen molar-refractivity contribution in [3.05, 3.63) is 12.2 Å². The van der Waals surface area contributed by atoms with Crippen molar-refractivity contribution in [1.29, 1.82) is 0 Å². The van der Waals surface area contributed by atoms with Crippen LogP contribution < -0.4 is 0 Å². The molecule has 0 saturated heterocycles. The average Bonchev–Trinajstić information content (AvgIpc) is 1.80. The molecule has 0 saturated carbocycles. The van der Waals surface area contributed by atoms with Crippen LogP contribution in [0.2, 0.25) is 0 Å². The van der Waals surface area contributed by atoms with E-state index in [-0.39, 0.29) is 6.08 Å². The number of allylic oxidation sites excluding steroid dienone is 2. The molecule has 11 heavy (non-hydrogen) atoms. The second kappa shape index (κ2) is 3.64. The maximum absolute atomic E-state index is 11.7. The van der Waals surface area contributed by atoms with Crippen LogP contribution in [-0.4, -0.2) is 18.8 Å². The first kappa shape index (κ1) is 10.3. The molecular weight excluding hydrogens is 174 g/mol. The van der Waals surface area contributed by atoms with Crippen molar-refractivity contribution in [2.45, 2.75) is 18.8 Å². The van der Waals surface area contributed by atoms with Crippen LogP contribution in [0.3, 0.4) is 0 Å². The summed E-state index contributed by atoms with van der Waals surface area (Å²) >= 11 is 0. The summed E-state index contributed by atoms with van der Waals surface area (Å²) < 4.78 is 67.7. The van der Waals surface area contributed by atoms with E-state index in [1.807, 2.05) is 0 Å². The molecule has 0 nitrogen and oxygen atoms in total. The molecule has 0 aliphatic heterocycles. The SMILES string of the molecule is FC(F)C(F)C=CC(F)(F)F. The Hall–Kier alpha value is -0.680. The molecular formula is C5H4F6. The van der Waals surface area contributed by atoms with Crippen LogP contribution in [0, 0.1) is 0 Å². The third kappa shape index (κ3) is 5.75. The van der Waals surface area contributed by atoms with Crippen LogP contribution in [0.4, 0.5) is 26.3 Å². The smallest absolute Gasteiger partial charge is 0.237 e. The highest BCUT2D eigenvalue weighted by molar-refractivity contribution is 4.94. The number of hydrogen-bond acceptors (Lipinski definition) is 0. The number of rotatable bonds is 2. The zero-order valence-corrected chi connectivity index (χ0v) is 5.08. The lowest BCUT2D eigenvalue weighted by molar-refractivity contribution is -0.0807. The van der Waals surface area contributed by atoms with Gasteiger partial charge in [-0.2, -0.15) is 13.2 Å². The van der Waals surface area contributed by atoms with E-state index in [0.717, 1.165) is 0 Å². The first-order valence-corrected chi connectivity index (χ1v) is 2.51. The highest BCUT2D eigenvalue weighted by Gasteiger charge is 2.24. The van der Waals surface area contributed by atoms with E-state index < -0.39 is 24.8 Å². The van der Waals surface area contributed by atoms with E-state index in [9.17, 15) is 26.3 Å². The van der Waals surface area contributed by atoms with E-state index in [2.05, 4.69) is 0 Å². The molecule has 0 radical (unpaired) electrons. The van der Waals surface area contributed by atoms with Gasteiger partial charge in [0.05, 0.1) is 0 Å². The molecule has 0 aromatic heterocycles. The Kier molecular flexibility index (Phi) is 3.41. The molecule has 0 rings (SSSR count). The van der Waals surface area contributed by atoms with E-state index in [0.29, 0.717) is 0 Å². The van der Waals surface area contributed by atoms with Gasteiger partial charge in [-0.05, 0) is 6.08 Å². The molecule has 6 heteroatoms. The van der Waals surface area contributed by atoms with Crippen molar-refractivity contribution < 1.29 is 26.3 Å². The number of halogens is 6. The summed E-state index contributed by atoms with van der Waals surface area (Å²) in [7, 11) is 0. The predicted octanol–water partition coefficient (Wildman–Crippen LogP) is 2.71. The lowest BCUT2D eigenvalue weighted by Crippen LogP contribution is -2.10. The summed E-state index contributed by atoms with van der Waals surface area (Å²) in [6.07, 6.45) is -11.8. The predicted molar refractivity (Wildman–Crippen MR) is 26.1 cm³/mol. The van der Waals surface area contributed by atoms with Crippen LogP contribution in [0.1, 0.15) is 0 Å². The minimum absolute atomic E-state index is 0.218. The van der Waals surface area contributed by atoms with Crippen LogP contribution in [0.25, 0.3) is 0 Å². The van der Waals surface area contributed by atoms with E-state index in [4.69, 9.17) is 0 Å². The van der Waals surface area contributed by atoms with Crippen LogP contribution >= 0.6 is 0 Å². The second-order valence-electron chi connectivity index (χ2n) is 1.68. The first-order chi connectivity index (χ1) is 4.83. The summed E-state index contributed by atoms with van der Waals surface area (Å²) in [5.41, 5.74) is 0. The highest BCUT2D eigenvalue weighted by Crippen LogP contribution is 2.18. The highest BCUT2D eigenvalue weighted by atomic mass is 19.4. The first-order valence-electron chi connectivity index (χ1n) is 2.51. The summed E-state index contributed by atoms with van der Waals surface area (Å²) in [5.74, 6) is 0. The van der Waals surface area contributed by atoms with Gasteiger partial charge in [0, 0.05) is 6.08 Å². The van der Waals surface area contributed by atoms with Crippen molar-refractivity contribution in [3.63, 3.8) is 0 Å². The molecule has 0 heterocycles. The zero-order valence-electron chi connectivity index (χ0n) is 5.08. The zero-order chi connectivity index (χ0) is 9.07. The molecule has 0 aromatic rings. The Bertz CT molecular complexity index is 134. The molecule has 0 spiro atoms. The topological polar surface area (TPSA) is 0 Å². The Morgan fingerprint density at radius 1 is 1.00 bits per heavy atom. The van der Waals surface area contributed by atoms with Gasteiger partial charge in [-0.3, -0.25) is 0 Å². The number of hydrogen-bond donors (Lipinski definition) is 0. The fraction of sp³-hybridized carbons (Fsp3) is 0.600. The normalized spacial score (nSPS) is 16.3. The second-order valence-corrected chi connectivity index (χ2v) is 1.68. The van der Waals surface area contributed by atoms with Crippen molar-refractivity contribution in [3.8, 4) is 0 Å². The molecule has 0 amide bonds. The van der Waals surface area contributed by atoms with Crippen molar-refractivity contribution in [2.75, 3.05) is 0 Å². The van der Waals surface area contributed by atoms with Gasteiger partial charge in [0.2, 0.25) is 0 Å². The molecule has 0 fully saturated rings. The summed E-state index contributed by atoms with van der Waals surface area (Å²) in [5, 5.41) is 0. The molecule has 0 bridgehead atoms. The molecule has 0 aliphatic carbocycles. The lowest BCUT2D eigenvalue weighted by Gasteiger charge is -2.01. The van der Waals surface area contributed by atoms with Crippen LogP contribution in [-0.2, 0) is 0 Å². The van der Waals surface area contributed by atoms with E-state index in [1.165, 1.54) is 0 Å². The lowest BCUT2D eigenvalue weighted by atomic mass is 10.3. The maximum atomic E-state index is 11.7. The van der Waals surface area contributed by atoms with Crippen molar-refractivity contribution in [2.24, 2.45) is 0 Å². The minimum Gasteiger partial charge on any atom is -0.237 e. The van der Waals surface area contributed by atoms with E-state index in [1.54, 1.807) is 0 Å². The van der Waals surface area contributed by atoms with Crippen LogP contribution in [0.5, 0.6) is 0 Å². The fourth-order valence-corrected chi connectivity index (χ4v) is 0.285. The summed E-state index contributed by atoms with van der Waals surface area (Å²) in [6, 6.07) is 0. The van der Waals surface area contributed by atoms with Gasteiger partial charge in [0.25, 0.3) is 6.43 Å². The third-order valence-electron chi connectivity index (χ3n) is 0.710. The summed E-state index contributed by atoms with van der Waals surface area (Å²) in [4.78, 5) is 0. The van der Waals surface area contributed by atoms with Gasteiger partial charge in [-0.15, -0.1) is 0 Å². The fourth-order valence-electron chi connectivity index (χ4n) is 0.285. The third-order valence-corrected chi connectivity index (χ3v) is 0.710. The molecule has 0 aliphatic rings. The van der Waals surface area contributed by atoms with Gasteiger partial charge in [0.1, 0.15) is 0 Å². The average molecular weight is 178 g/mol. The molecule has 0 aromatic carbocycles. The molecule has 1 atom stereocenters. The van der Waals surface area contributed by atoms with Crippen molar-refractivity contribution >= 4 is 0 Å². The molecule has 66 valence electrons. The van der Waals surface area contributed by atoms with Gasteiger partial charge < -0.3 is 0 Å². The van der Waals surface area contributed by atoms with Crippen LogP contribution in [0.15, 0.2) is 12.2 Å². The van der Waals surface area contributed by atoms with Gasteiger partial charge in [0.15, 0.2) is 6.17 Å². The standard InChI is InChI=1S/C5H4F6/c6-3(4(7)8)1-2-5(9,10)11/h1-4H.